The average Bonchev–Trinajstić information content (AvgIpc) is 3.21. The van der Waals surface area contributed by atoms with Gasteiger partial charge < -0.3 is 14.4 Å². The molecular weight excluding hydrogens is 412 g/mol. The van der Waals surface area contributed by atoms with E-state index in [1.54, 1.807) is 13.2 Å². The molecule has 4 nitrogen and oxygen atoms in total. The summed E-state index contributed by atoms with van der Waals surface area (Å²) in [6.45, 7) is 2.29. The molecule has 2 aromatic rings. The second-order valence-electron chi connectivity index (χ2n) is 6.04. The predicted octanol–water partition coefficient (Wildman–Crippen LogP) is 4.68. The molecule has 0 aromatic heterocycles. The van der Waals surface area contributed by atoms with Gasteiger partial charge in [-0.05, 0) is 47.0 Å². The Bertz CT molecular complexity index is 857. The molecule has 0 aliphatic carbocycles. The Morgan fingerprint density at radius 2 is 1.96 bits per heavy atom. The molecule has 0 bridgehead atoms. The van der Waals surface area contributed by atoms with Gasteiger partial charge in [-0.1, -0.05) is 30.4 Å². The van der Waals surface area contributed by atoms with Gasteiger partial charge >= 0.3 is 0 Å². The summed E-state index contributed by atoms with van der Waals surface area (Å²) in [4.78, 5) is 3.05. The molecule has 1 heterocycles. The van der Waals surface area contributed by atoms with Crippen LogP contribution in [0.4, 0.5) is 0 Å². The van der Waals surface area contributed by atoms with Gasteiger partial charge in [0.1, 0.15) is 11.6 Å². The lowest BCUT2D eigenvalue weighted by Gasteiger charge is -2.21. The Morgan fingerprint density at radius 1 is 1.23 bits per heavy atom. The molecule has 1 fully saturated rings. The van der Waals surface area contributed by atoms with Gasteiger partial charge in [-0.3, -0.25) is 0 Å². The van der Waals surface area contributed by atoms with Crippen molar-refractivity contribution in [3.63, 3.8) is 0 Å². The third-order valence-electron chi connectivity index (χ3n) is 4.40. The van der Waals surface area contributed by atoms with E-state index in [1.165, 1.54) is 12.8 Å². The first kappa shape index (κ1) is 18.7. The van der Waals surface area contributed by atoms with Gasteiger partial charge in [0.05, 0.1) is 18.7 Å². The van der Waals surface area contributed by atoms with Crippen LogP contribution in [0.15, 0.2) is 40.9 Å². The highest BCUT2D eigenvalue weighted by Crippen LogP contribution is 2.35. The summed E-state index contributed by atoms with van der Waals surface area (Å²) >= 11 is 9.27. The highest BCUT2D eigenvalue weighted by Gasteiger charge is 2.20. The molecule has 0 radical (unpaired) electrons. The first-order valence-electron chi connectivity index (χ1n) is 8.41. The van der Waals surface area contributed by atoms with Crippen LogP contribution in [0.5, 0.6) is 11.5 Å². The van der Waals surface area contributed by atoms with Crippen LogP contribution >= 0.6 is 28.1 Å². The van der Waals surface area contributed by atoms with Gasteiger partial charge in [0.2, 0.25) is 0 Å². The Kier molecular flexibility index (Phi) is 6.12. The maximum Gasteiger partial charge on any atom is 0.162 e. The molecule has 0 N–H and O–H groups in total. The van der Waals surface area contributed by atoms with Crippen LogP contribution in [0, 0.1) is 11.3 Å². The molecule has 0 spiro atoms. The molecule has 0 saturated carbocycles. The number of nitrogens with zero attached hydrogens (tertiary/aromatic N) is 2. The van der Waals surface area contributed by atoms with Crippen molar-refractivity contribution in [2.75, 3.05) is 20.2 Å². The van der Waals surface area contributed by atoms with Crippen molar-refractivity contribution in [1.82, 2.24) is 4.90 Å². The van der Waals surface area contributed by atoms with E-state index in [2.05, 4.69) is 26.9 Å². The molecule has 0 unspecified atom stereocenters. The molecule has 26 heavy (non-hydrogen) atoms. The Hall–Kier alpha value is -2.10. The van der Waals surface area contributed by atoms with Crippen LogP contribution in [-0.2, 0) is 6.61 Å². The minimum Gasteiger partial charge on any atom is -0.493 e. The fourth-order valence-electron chi connectivity index (χ4n) is 2.97. The minimum atomic E-state index is 0.294. The lowest BCUT2D eigenvalue weighted by Crippen LogP contribution is -2.27. The van der Waals surface area contributed by atoms with Crippen molar-refractivity contribution in [3.8, 4) is 17.6 Å². The summed E-state index contributed by atoms with van der Waals surface area (Å²) in [5.41, 5.74) is 2.38. The molecule has 1 aliphatic heterocycles. The Labute approximate surface area is 167 Å². The maximum atomic E-state index is 9.21. The van der Waals surface area contributed by atoms with Crippen molar-refractivity contribution < 1.29 is 9.47 Å². The number of ether oxygens (including phenoxy) is 2. The monoisotopic (exact) mass is 430 g/mol. The van der Waals surface area contributed by atoms with E-state index >= 15 is 0 Å². The molecule has 6 heteroatoms. The second-order valence-corrected chi connectivity index (χ2v) is 7.28. The second kappa shape index (κ2) is 8.52. The molecule has 134 valence electrons. The fraction of sp³-hybridized carbons (Fsp3) is 0.300. The number of rotatable bonds is 5. The SMILES string of the molecule is COc1cc(C(=S)N2CCCC2)c(Br)cc1OCc1ccccc1C#N. The quantitative estimate of drug-likeness (QED) is 0.644. The van der Waals surface area contributed by atoms with Crippen LogP contribution in [-0.4, -0.2) is 30.1 Å². The third kappa shape index (κ3) is 4.00. The zero-order valence-corrected chi connectivity index (χ0v) is 16.9. The molecule has 0 amide bonds. The zero-order chi connectivity index (χ0) is 18.5. The summed E-state index contributed by atoms with van der Waals surface area (Å²) in [7, 11) is 1.61. The smallest absolute Gasteiger partial charge is 0.162 e. The van der Waals surface area contributed by atoms with Crippen molar-refractivity contribution in [1.29, 1.82) is 5.26 Å². The summed E-state index contributed by atoms with van der Waals surface area (Å²) in [6, 6.07) is 13.4. The van der Waals surface area contributed by atoms with Crippen LogP contribution < -0.4 is 9.47 Å². The number of nitriles is 1. The van der Waals surface area contributed by atoms with Crippen LogP contribution in [0.2, 0.25) is 0 Å². The standard InChI is InChI=1S/C20H19BrN2O2S/c1-24-18-10-16(20(26)23-8-4-5-9-23)17(21)11-19(18)25-13-15-7-3-2-6-14(15)12-22/h2-3,6-7,10-11H,4-5,8-9,13H2,1H3. The summed E-state index contributed by atoms with van der Waals surface area (Å²) < 4.78 is 12.3. The number of halogens is 1. The van der Waals surface area contributed by atoms with E-state index in [9.17, 15) is 5.26 Å². The largest absolute Gasteiger partial charge is 0.493 e. The molecular formula is C20H19BrN2O2S. The van der Waals surface area contributed by atoms with Crippen LogP contribution in [0.25, 0.3) is 0 Å². The van der Waals surface area contributed by atoms with Gasteiger partial charge in [0.15, 0.2) is 11.5 Å². The number of hydrogen-bond donors (Lipinski definition) is 0. The van der Waals surface area contributed by atoms with E-state index in [1.807, 2.05) is 30.3 Å². The van der Waals surface area contributed by atoms with Crippen molar-refractivity contribution >= 4 is 33.1 Å². The van der Waals surface area contributed by atoms with Gasteiger partial charge in [-0.25, -0.2) is 0 Å². The van der Waals surface area contributed by atoms with E-state index in [0.717, 1.165) is 33.7 Å². The summed E-state index contributed by atoms with van der Waals surface area (Å²) in [5, 5.41) is 9.21. The Balaban J connectivity index is 1.83. The number of benzene rings is 2. The Morgan fingerprint density at radius 3 is 2.65 bits per heavy atom. The highest BCUT2D eigenvalue weighted by atomic mass is 79.9. The minimum absolute atomic E-state index is 0.294. The number of methoxy groups -OCH3 is 1. The average molecular weight is 431 g/mol. The first-order valence-corrected chi connectivity index (χ1v) is 9.61. The molecule has 1 saturated heterocycles. The topological polar surface area (TPSA) is 45.5 Å². The van der Waals surface area contributed by atoms with Gasteiger partial charge in [-0.15, -0.1) is 0 Å². The lowest BCUT2D eigenvalue weighted by molar-refractivity contribution is 0.284. The van der Waals surface area contributed by atoms with Gasteiger partial charge in [-0.2, -0.15) is 5.26 Å². The summed E-state index contributed by atoms with van der Waals surface area (Å²) in [6.07, 6.45) is 2.35. The molecule has 1 aliphatic rings. The van der Waals surface area contributed by atoms with Crippen molar-refractivity contribution in [2.24, 2.45) is 0 Å². The van der Waals surface area contributed by atoms with Crippen LogP contribution in [0.3, 0.4) is 0 Å². The van der Waals surface area contributed by atoms with E-state index in [0.29, 0.717) is 23.7 Å². The summed E-state index contributed by atoms with van der Waals surface area (Å²) in [5.74, 6) is 1.24. The molecule has 0 atom stereocenters. The van der Waals surface area contributed by atoms with E-state index in [4.69, 9.17) is 21.7 Å². The fourth-order valence-corrected chi connectivity index (χ4v) is 3.97. The number of hydrogen-bond acceptors (Lipinski definition) is 4. The predicted molar refractivity (Wildman–Crippen MR) is 109 cm³/mol. The third-order valence-corrected chi connectivity index (χ3v) is 5.53. The molecule has 3 rings (SSSR count). The normalized spacial score (nSPS) is 13.3. The van der Waals surface area contributed by atoms with Crippen molar-refractivity contribution in [3.05, 3.63) is 57.6 Å². The zero-order valence-electron chi connectivity index (χ0n) is 14.5. The van der Waals surface area contributed by atoms with Gasteiger partial charge in [0.25, 0.3) is 0 Å². The number of likely N-dealkylation sites (tertiary alicyclic amines) is 1. The first-order chi connectivity index (χ1) is 12.6. The number of thiocarbonyl (C=S) groups is 1. The van der Waals surface area contributed by atoms with E-state index in [-0.39, 0.29) is 0 Å². The molecule has 2 aromatic carbocycles. The highest BCUT2D eigenvalue weighted by molar-refractivity contribution is 9.10. The maximum absolute atomic E-state index is 9.21. The lowest BCUT2D eigenvalue weighted by atomic mass is 10.1. The van der Waals surface area contributed by atoms with E-state index < -0.39 is 0 Å². The van der Waals surface area contributed by atoms with Gasteiger partial charge in [0, 0.05) is 28.7 Å². The van der Waals surface area contributed by atoms with Crippen LogP contribution in [0.1, 0.15) is 29.5 Å². The van der Waals surface area contributed by atoms with Crippen molar-refractivity contribution in [2.45, 2.75) is 19.4 Å².